The van der Waals surface area contributed by atoms with E-state index < -0.39 is 68.1 Å². The van der Waals surface area contributed by atoms with Gasteiger partial charge in [0.05, 0.1) is 11.6 Å². The molecule has 16 heteroatoms. The molecule has 3 heterocycles. The fourth-order valence-electron chi connectivity index (χ4n) is 6.04. The average Bonchev–Trinajstić information content (AvgIpc) is 3.01. The van der Waals surface area contributed by atoms with Crippen LogP contribution in [0, 0.1) is 34.3 Å². The second-order valence-corrected chi connectivity index (χ2v) is 13.2. The van der Waals surface area contributed by atoms with E-state index in [9.17, 15) is 45.2 Å². The maximum Gasteiger partial charge on any atom is 0.272 e. The Hall–Kier alpha value is -4.44. The molecule has 0 radical (unpaired) electrons. The number of hydrogen-bond acceptors (Lipinski definition) is 6. The molecule has 6 rings (SSSR count). The van der Waals surface area contributed by atoms with Crippen molar-refractivity contribution in [2.75, 3.05) is 11.4 Å². The Labute approximate surface area is 258 Å². The molecule has 4 aromatic rings. The van der Waals surface area contributed by atoms with Gasteiger partial charge in [-0.2, -0.15) is 14.1 Å². The third kappa shape index (κ3) is 5.38. The van der Waals surface area contributed by atoms with Crippen LogP contribution in [-0.2, 0) is 21.4 Å². The van der Waals surface area contributed by atoms with Crippen LogP contribution in [0.15, 0.2) is 52.4 Å². The smallest absolute Gasteiger partial charge is 0.272 e. The van der Waals surface area contributed by atoms with Crippen molar-refractivity contribution in [1.82, 2.24) is 14.5 Å². The lowest BCUT2D eigenvalue weighted by atomic mass is 9.85. The molecular formula is C30H26F5N5O5S. The predicted octanol–water partition coefficient (Wildman–Crippen LogP) is 4.30. The van der Waals surface area contributed by atoms with Gasteiger partial charge in [-0.15, -0.1) is 0 Å². The predicted molar refractivity (Wildman–Crippen MR) is 153 cm³/mol. The number of rotatable bonds is 7. The molecule has 1 aliphatic heterocycles. The highest BCUT2D eigenvalue weighted by Crippen LogP contribution is 2.36. The minimum absolute atomic E-state index is 0.102. The van der Waals surface area contributed by atoms with Gasteiger partial charge < -0.3 is 10.1 Å². The van der Waals surface area contributed by atoms with Crippen molar-refractivity contribution in [3.63, 3.8) is 0 Å². The Balaban J connectivity index is 1.38. The van der Waals surface area contributed by atoms with E-state index in [-0.39, 0.29) is 35.7 Å². The minimum Gasteiger partial charge on any atom is -0.618 e. The topological polar surface area (TPSA) is 130 Å². The molecule has 1 saturated carbocycles. The molecule has 2 fully saturated rings. The van der Waals surface area contributed by atoms with Gasteiger partial charge in [-0.1, -0.05) is 19.3 Å². The van der Waals surface area contributed by atoms with Crippen LogP contribution in [0.1, 0.15) is 55.7 Å². The number of aromatic nitrogens is 3. The zero-order chi connectivity index (χ0) is 32.9. The molecule has 1 amide bonds. The highest BCUT2D eigenvalue weighted by molar-refractivity contribution is 7.89. The molecule has 0 unspecified atom stereocenters. The first-order valence-corrected chi connectivity index (χ1v) is 15.9. The Bertz CT molecular complexity index is 2010. The third-order valence-corrected chi connectivity index (χ3v) is 10.6. The fourth-order valence-corrected chi connectivity index (χ4v) is 7.79. The van der Waals surface area contributed by atoms with Crippen LogP contribution in [0.25, 0.3) is 10.8 Å². The zero-order valence-electron chi connectivity index (χ0n) is 24.0. The van der Waals surface area contributed by atoms with Crippen molar-refractivity contribution >= 4 is 32.4 Å². The van der Waals surface area contributed by atoms with Crippen molar-refractivity contribution in [2.24, 2.45) is 0 Å². The molecule has 1 aliphatic carbocycles. The largest absolute Gasteiger partial charge is 0.618 e. The second-order valence-electron chi connectivity index (χ2n) is 11.3. The van der Waals surface area contributed by atoms with Gasteiger partial charge in [-0.3, -0.25) is 9.59 Å². The molecule has 10 nitrogen and oxygen atoms in total. The molecule has 0 bridgehead atoms. The van der Waals surface area contributed by atoms with E-state index in [0.717, 1.165) is 42.6 Å². The Morgan fingerprint density at radius 3 is 2.28 bits per heavy atom. The zero-order valence-corrected chi connectivity index (χ0v) is 24.8. The number of H-pyrrole nitrogens is 1. The van der Waals surface area contributed by atoms with Crippen molar-refractivity contribution in [2.45, 2.75) is 61.9 Å². The maximum atomic E-state index is 14.6. The van der Waals surface area contributed by atoms with Crippen molar-refractivity contribution in [3.05, 3.63) is 98.6 Å². The van der Waals surface area contributed by atoms with Crippen LogP contribution in [0.5, 0.6) is 0 Å². The average molecular weight is 664 g/mol. The number of halogens is 5. The lowest BCUT2D eigenvalue weighted by Crippen LogP contribution is -2.59. The summed E-state index contributed by atoms with van der Waals surface area (Å²) in [5.41, 5.74) is 0.551. The van der Waals surface area contributed by atoms with Crippen molar-refractivity contribution < 1.29 is 39.9 Å². The standard InChI is InChI=1S/C30H26F5N5O5S/c31-23-24(32)26(34)28(27(35)25(23)33)46(44,45)40-11-10-22(40)30(42)38(19-8-9-21-18(12-19)13-36-37-29(21)41)15-20-7-6-17(14-39(20)43)16-4-2-1-3-5-16/h6-9,12-14,16,22H,1-5,10-11,15H2,(H,37,41)/t22-/m1/s1. The summed E-state index contributed by atoms with van der Waals surface area (Å²) in [6, 6.07) is 5.93. The molecule has 2 aromatic carbocycles. The minimum atomic E-state index is -5.41. The number of amides is 1. The summed E-state index contributed by atoms with van der Waals surface area (Å²) in [7, 11) is -5.41. The van der Waals surface area contributed by atoms with E-state index in [1.165, 1.54) is 30.6 Å². The second kappa shape index (κ2) is 12.1. The van der Waals surface area contributed by atoms with Gasteiger partial charge in [0.2, 0.25) is 27.4 Å². The molecule has 1 saturated heterocycles. The number of aromatic amines is 1. The van der Waals surface area contributed by atoms with Crippen LogP contribution in [0.2, 0.25) is 0 Å². The van der Waals surface area contributed by atoms with Gasteiger partial charge in [0.15, 0.2) is 34.4 Å². The number of sulfonamides is 1. The van der Waals surface area contributed by atoms with Crippen LogP contribution < -0.4 is 15.2 Å². The Morgan fingerprint density at radius 1 is 0.978 bits per heavy atom. The molecule has 1 N–H and O–H groups in total. The summed E-state index contributed by atoms with van der Waals surface area (Å²) in [6.45, 7) is -0.844. The van der Waals surface area contributed by atoms with Crippen molar-refractivity contribution in [3.8, 4) is 0 Å². The number of carbonyl (C=O) groups is 1. The molecule has 242 valence electrons. The van der Waals surface area contributed by atoms with E-state index >= 15 is 0 Å². The normalized spacial score (nSPS) is 17.6. The van der Waals surface area contributed by atoms with E-state index in [1.54, 1.807) is 12.1 Å². The lowest BCUT2D eigenvalue weighted by Gasteiger charge is -2.40. The Kier molecular flexibility index (Phi) is 8.27. The summed E-state index contributed by atoms with van der Waals surface area (Å²) in [5.74, 6) is -13.2. The third-order valence-electron chi connectivity index (χ3n) is 8.63. The maximum absolute atomic E-state index is 14.6. The summed E-state index contributed by atoms with van der Waals surface area (Å²) >= 11 is 0. The van der Waals surface area contributed by atoms with E-state index in [2.05, 4.69) is 10.2 Å². The van der Waals surface area contributed by atoms with Gasteiger partial charge in [-0.25, -0.2) is 35.5 Å². The van der Waals surface area contributed by atoms with Gasteiger partial charge in [0, 0.05) is 29.2 Å². The number of nitrogens with zero attached hydrogens (tertiary/aromatic N) is 4. The number of pyridine rings is 1. The number of hydrogen-bond donors (Lipinski definition) is 1. The van der Waals surface area contributed by atoms with Crippen LogP contribution in [0.4, 0.5) is 27.6 Å². The monoisotopic (exact) mass is 663 g/mol. The molecule has 46 heavy (non-hydrogen) atoms. The van der Waals surface area contributed by atoms with Gasteiger partial charge >= 0.3 is 0 Å². The molecule has 0 spiro atoms. The lowest BCUT2D eigenvalue weighted by molar-refractivity contribution is -0.614. The van der Waals surface area contributed by atoms with Crippen LogP contribution >= 0.6 is 0 Å². The first-order chi connectivity index (χ1) is 21.9. The number of nitrogens with one attached hydrogen (secondary N) is 1. The molecule has 1 atom stereocenters. The number of benzene rings is 2. The Morgan fingerprint density at radius 2 is 1.65 bits per heavy atom. The summed E-state index contributed by atoms with van der Waals surface area (Å²) < 4.78 is 98.1. The van der Waals surface area contributed by atoms with Crippen LogP contribution in [-0.4, -0.2) is 41.4 Å². The molecule has 2 aromatic heterocycles. The summed E-state index contributed by atoms with van der Waals surface area (Å²) in [5, 5.41) is 19.7. The van der Waals surface area contributed by atoms with E-state index in [0.29, 0.717) is 14.4 Å². The van der Waals surface area contributed by atoms with Crippen molar-refractivity contribution in [1.29, 1.82) is 0 Å². The molecular weight excluding hydrogens is 637 g/mol. The number of anilines is 1. The van der Waals surface area contributed by atoms with Gasteiger partial charge in [-0.05, 0) is 49.4 Å². The fraction of sp³-hybridized carbons (Fsp3) is 0.333. The number of carbonyl (C=O) groups excluding carboxylic acids is 1. The summed E-state index contributed by atoms with van der Waals surface area (Å²) in [4.78, 5) is 25.2. The number of fused-ring (bicyclic) bond motifs is 1. The van der Waals surface area contributed by atoms with Gasteiger partial charge in [0.25, 0.3) is 5.56 Å². The highest BCUT2D eigenvalue weighted by Gasteiger charge is 2.48. The highest BCUT2D eigenvalue weighted by atomic mass is 32.2. The summed E-state index contributed by atoms with van der Waals surface area (Å²) in [6.07, 6.45) is 7.66. The molecule has 2 aliphatic rings. The van der Waals surface area contributed by atoms with E-state index in [4.69, 9.17) is 0 Å². The SMILES string of the molecule is O=C([C@H]1CCN1S(=O)(=O)c1c(F)c(F)c(F)c(F)c1F)N(Cc1ccc(C2CCCCC2)c[n+]1[O-])c1ccc2c(=O)[nH]ncc2c1. The van der Waals surface area contributed by atoms with Crippen LogP contribution in [0.3, 0.4) is 0 Å². The van der Waals surface area contributed by atoms with E-state index in [1.807, 2.05) is 0 Å². The quantitative estimate of drug-likeness (QED) is 0.103. The first-order valence-electron chi connectivity index (χ1n) is 14.4. The van der Waals surface area contributed by atoms with Gasteiger partial charge in [0.1, 0.15) is 12.6 Å². The first kappa shape index (κ1) is 31.5.